The number of carbonyl (C=O) groups is 2. The average molecular weight is 402 g/mol. The Balaban J connectivity index is 2.05. The molecule has 0 aliphatic carbocycles. The number of amides is 1. The summed E-state index contributed by atoms with van der Waals surface area (Å²) < 4.78 is 25.5. The number of carbonyl (C=O) groups excluding carboxylic acids is 2. The lowest BCUT2D eigenvalue weighted by Crippen LogP contribution is -2.26. The van der Waals surface area contributed by atoms with Crippen molar-refractivity contribution in [3.63, 3.8) is 0 Å². The average Bonchev–Trinajstić information content (AvgIpc) is 2.68. The van der Waals surface area contributed by atoms with Crippen LogP contribution in [0.1, 0.15) is 47.7 Å². The van der Waals surface area contributed by atoms with Crippen molar-refractivity contribution in [1.82, 2.24) is 5.32 Å². The van der Waals surface area contributed by atoms with E-state index in [0.717, 1.165) is 24.0 Å². The molecule has 0 bridgehead atoms. The van der Waals surface area contributed by atoms with Crippen LogP contribution in [-0.4, -0.2) is 32.4 Å². The van der Waals surface area contributed by atoms with Crippen molar-refractivity contribution in [1.29, 1.82) is 0 Å². The van der Waals surface area contributed by atoms with E-state index in [1.54, 1.807) is 12.1 Å². The van der Waals surface area contributed by atoms with Crippen LogP contribution in [0.2, 0.25) is 0 Å². The Kier molecular flexibility index (Phi) is 7.93. The molecule has 0 spiro atoms. The van der Waals surface area contributed by atoms with Gasteiger partial charge in [-0.25, -0.2) is 8.42 Å². The quantitative estimate of drug-likeness (QED) is 0.618. The highest BCUT2D eigenvalue weighted by Crippen LogP contribution is 2.18. The number of hydrogen-bond acceptors (Lipinski definition) is 4. The van der Waals surface area contributed by atoms with Gasteiger partial charge in [0.25, 0.3) is 5.91 Å². The summed E-state index contributed by atoms with van der Waals surface area (Å²) >= 11 is 0. The van der Waals surface area contributed by atoms with Gasteiger partial charge in [0.15, 0.2) is 9.84 Å². The molecule has 2 aromatic carbocycles. The van der Waals surface area contributed by atoms with Crippen LogP contribution in [0, 0.1) is 6.92 Å². The molecule has 0 aromatic heterocycles. The van der Waals surface area contributed by atoms with Crippen molar-refractivity contribution in [3.8, 4) is 0 Å². The van der Waals surface area contributed by atoms with Gasteiger partial charge in [0, 0.05) is 19.4 Å². The van der Waals surface area contributed by atoms with Crippen LogP contribution >= 0.6 is 0 Å². The Labute approximate surface area is 167 Å². The first-order valence-corrected chi connectivity index (χ1v) is 11.2. The number of benzene rings is 2. The predicted octanol–water partition coefficient (Wildman–Crippen LogP) is 3.50. The topological polar surface area (TPSA) is 80.3 Å². The highest BCUT2D eigenvalue weighted by atomic mass is 32.2. The van der Waals surface area contributed by atoms with Crippen LogP contribution in [0.15, 0.2) is 53.4 Å². The van der Waals surface area contributed by atoms with Crippen molar-refractivity contribution >= 4 is 21.5 Å². The molecule has 0 fully saturated rings. The fourth-order valence-electron chi connectivity index (χ4n) is 2.78. The van der Waals surface area contributed by atoms with Gasteiger partial charge in [0.05, 0.1) is 16.2 Å². The summed E-state index contributed by atoms with van der Waals surface area (Å²) in [5.74, 6) is -0.854. The maximum Gasteiger partial charge on any atom is 0.252 e. The third kappa shape index (κ3) is 6.30. The van der Waals surface area contributed by atoms with Crippen LogP contribution in [0.4, 0.5) is 0 Å². The number of Topliss-reactive ketones (excluding diaryl/α,β-unsaturated/α-hetero) is 1. The lowest BCUT2D eigenvalue weighted by atomic mass is 10.1. The SMILES string of the molecule is CCCCNC(=O)c1ccccc1S(=O)(=O)CCC(=O)Cc1ccc(C)cc1. The summed E-state index contributed by atoms with van der Waals surface area (Å²) in [4.78, 5) is 24.6. The second-order valence-corrected chi connectivity index (χ2v) is 8.95. The van der Waals surface area contributed by atoms with Gasteiger partial charge in [-0.1, -0.05) is 55.3 Å². The van der Waals surface area contributed by atoms with E-state index in [2.05, 4.69) is 5.32 Å². The Morgan fingerprint density at radius 2 is 1.68 bits per heavy atom. The monoisotopic (exact) mass is 401 g/mol. The van der Waals surface area contributed by atoms with E-state index in [-0.39, 0.29) is 34.8 Å². The zero-order valence-corrected chi connectivity index (χ0v) is 17.2. The first kappa shape index (κ1) is 21.8. The molecule has 150 valence electrons. The highest BCUT2D eigenvalue weighted by molar-refractivity contribution is 7.91. The van der Waals surface area contributed by atoms with Gasteiger partial charge in [0.2, 0.25) is 0 Å². The molecule has 0 atom stereocenters. The molecular weight excluding hydrogens is 374 g/mol. The van der Waals surface area contributed by atoms with Crippen molar-refractivity contribution in [2.75, 3.05) is 12.3 Å². The van der Waals surface area contributed by atoms with Crippen LogP contribution in [0.25, 0.3) is 0 Å². The third-order valence-electron chi connectivity index (χ3n) is 4.45. The smallest absolute Gasteiger partial charge is 0.252 e. The number of sulfone groups is 1. The van der Waals surface area contributed by atoms with Crippen LogP contribution < -0.4 is 5.32 Å². The maximum absolute atomic E-state index is 12.8. The van der Waals surface area contributed by atoms with Crippen molar-refractivity contribution < 1.29 is 18.0 Å². The third-order valence-corrected chi connectivity index (χ3v) is 6.22. The molecule has 0 saturated carbocycles. The molecule has 0 saturated heterocycles. The van der Waals surface area contributed by atoms with Crippen molar-refractivity contribution in [2.24, 2.45) is 0 Å². The fraction of sp³-hybridized carbons (Fsp3) is 0.364. The Morgan fingerprint density at radius 3 is 2.36 bits per heavy atom. The molecule has 0 heterocycles. The van der Waals surface area contributed by atoms with Crippen molar-refractivity contribution in [3.05, 3.63) is 65.2 Å². The number of nitrogens with one attached hydrogen (secondary N) is 1. The highest BCUT2D eigenvalue weighted by Gasteiger charge is 2.23. The molecule has 0 aliphatic rings. The first-order chi connectivity index (χ1) is 13.3. The molecule has 2 aromatic rings. The largest absolute Gasteiger partial charge is 0.352 e. The van der Waals surface area contributed by atoms with E-state index in [1.807, 2.05) is 38.1 Å². The zero-order valence-electron chi connectivity index (χ0n) is 16.4. The summed E-state index contributed by atoms with van der Waals surface area (Å²) in [5, 5.41) is 2.74. The number of rotatable bonds is 10. The second-order valence-electron chi connectivity index (χ2n) is 6.88. The van der Waals surface area contributed by atoms with Gasteiger partial charge in [0.1, 0.15) is 5.78 Å². The van der Waals surface area contributed by atoms with Gasteiger partial charge in [-0.15, -0.1) is 0 Å². The summed E-state index contributed by atoms with van der Waals surface area (Å²) in [6.07, 6.45) is 1.88. The lowest BCUT2D eigenvalue weighted by Gasteiger charge is -2.11. The molecule has 0 unspecified atom stereocenters. The fourth-order valence-corrected chi connectivity index (χ4v) is 4.28. The summed E-state index contributed by atoms with van der Waals surface area (Å²) in [7, 11) is -3.74. The van der Waals surface area contributed by atoms with Crippen LogP contribution in [0.5, 0.6) is 0 Å². The molecule has 0 radical (unpaired) electrons. The minimum atomic E-state index is -3.74. The number of hydrogen-bond donors (Lipinski definition) is 1. The van der Waals surface area contributed by atoms with Gasteiger partial charge >= 0.3 is 0 Å². The Morgan fingerprint density at radius 1 is 1.00 bits per heavy atom. The van der Waals surface area contributed by atoms with E-state index in [4.69, 9.17) is 0 Å². The number of ketones is 1. The molecule has 0 aliphatic heterocycles. The maximum atomic E-state index is 12.8. The summed E-state index contributed by atoms with van der Waals surface area (Å²) in [6.45, 7) is 4.48. The molecule has 5 nitrogen and oxygen atoms in total. The summed E-state index contributed by atoms with van der Waals surface area (Å²) in [5.41, 5.74) is 2.10. The van der Waals surface area contributed by atoms with Gasteiger partial charge < -0.3 is 5.32 Å². The normalized spacial score (nSPS) is 11.2. The van der Waals surface area contributed by atoms with Crippen LogP contribution in [0.3, 0.4) is 0 Å². The standard InChI is InChI=1S/C22H27NO4S/c1-3-4-14-23-22(25)20-7-5-6-8-21(20)28(26,27)15-13-19(24)16-18-11-9-17(2)10-12-18/h5-12H,3-4,13-16H2,1-2H3,(H,23,25). The predicted molar refractivity (Wildman–Crippen MR) is 110 cm³/mol. The molecule has 28 heavy (non-hydrogen) atoms. The van der Waals surface area contributed by atoms with E-state index in [0.29, 0.717) is 6.54 Å². The van der Waals surface area contributed by atoms with Gasteiger partial charge in [-0.3, -0.25) is 9.59 Å². The summed E-state index contributed by atoms with van der Waals surface area (Å²) in [6, 6.07) is 13.7. The number of aryl methyl sites for hydroxylation is 1. The van der Waals surface area contributed by atoms with E-state index >= 15 is 0 Å². The minimum absolute atomic E-state index is 0.0212. The second kappa shape index (κ2) is 10.2. The van der Waals surface area contributed by atoms with E-state index in [1.165, 1.54) is 12.1 Å². The molecule has 1 amide bonds. The van der Waals surface area contributed by atoms with Crippen LogP contribution in [-0.2, 0) is 21.1 Å². The van der Waals surface area contributed by atoms with Crippen molar-refractivity contribution in [2.45, 2.75) is 44.4 Å². The van der Waals surface area contributed by atoms with E-state index in [9.17, 15) is 18.0 Å². The van der Waals surface area contributed by atoms with Gasteiger partial charge in [-0.05, 0) is 31.0 Å². The zero-order chi connectivity index (χ0) is 20.6. The Hall–Kier alpha value is -2.47. The van der Waals surface area contributed by atoms with E-state index < -0.39 is 15.7 Å². The first-order valence-electron chi connectivity index (χ1n) is 9.50. The molecular formula is C22H27NO4S. The van der Waals surface area contributed by atoms with Gasteiger partial charge in [-0.2, -0.15) is 0 Å². The molecule has 2 rings (SSSR count). The lowest BCUT2D eigenvalue weighted by molar-refractivity contribution is -0.118. The number of unbranched alkanes of at least 4 members (excludes halogenated alkanes) is 1. The Bertz CT molecular complexity index is 918. The molecule has 1 N–H and O–H groups in total. The minimum Gasteiger partial charge on any atom is -0.352 e. The molecule has 6 heteroatoms.